The summed E-state index contributed by atoms with van der Waals surface area (Å²) >= 11 is 0. The number of carbonyl (C=O) groups excluding carboxylic acids is 1. The van der Waals surface area contributed by atoms with Gasteiger partial charge < -0.3 is 20.9 Å². The van der Waals surface area contributed by atoms with Gasteiger partial charge in [0.15, 0.2) is 0 Å². The average molecular weight is 254 g/mol. The number of likely N-dealkylation sites (tertiary alicyclic amines) is 2. The van der Waals surface area contributed by atoms with Crippen LogP contribution in [0.2, 0.25) is 0 Å². The van der Waals surface area contributed by atoms with Crippen LogP contribution in [0, 0.1) is 5.92 Å². The molecule has 0 aromatic rings. The lowest BCUT2D eigenvalue weighted by Gasteiger charge is -2.46. The van der Waals surface area contributed by atoms with Crippen molar-refractivity contribution >= 4 is 5.91 Å². The Kier molecular flexibility index (Phi) is 4.59. The lowest BCUT2D eigenvalue weighted by atomic mass is 9.84. The van der Waals surface area contributed by atoms with Gasteiger partial charge >= 0.3 is 0 Å². The number of fused-ring (bicyclic) bond motifs is 1. The standard InChI is InChI=1S/C13H26N4O/c1-15-11(13(14)18)9-17-7-5-12-10(8-17)4-3-6-16(12)2/h10-12,15H,3-9H2,1-2H3,(H2,14,18). The molecule has 0 saturated carbocycles. The molecule has 3 atom stereocenters. The third-order valence-electron chi connectivity index (χ3n) is 4.56. The molecule has 2 heterocycles. The van der Waals surface area contributed by atoms with E-state index in [0.29, 0.717) is 0 Å². The van der Waals surface area contributed by atoms with Gasteiger partial charge in [0, 0.05) is 19.1 Å². The highest BCUT2D eigenvalue weighted by Crippen LogP contribution is 2.29. The molecule has 0 spiro atoms. The number of nitrogens with zero attached hydrogens (tertiary/aromatic N) is 2. The number of piperidine rings is 2. The first-order valence-electron chi connectivity index (χ1n) is 7.01. The SMILES string of the molecule is CNC(CN1CCC2C(CCCN2C)C1)C(N)=O. The molecule has 2 aliphatic heterocycles. The predicted octanol–water partition coefficient (Wildman–Crippen LogP) is -0.524. The molecule has 0 aromatic heterocycles. The van der Waals surface area contributed by atoms with Gasteiger partial charge in [0.2, 0.25) is 5.91 Å². The molecule has 5 heteroatoms. The fourth-order valence-corrected chi connectivity index (χ4v) is 3.48. The first kappa shape index (κ1) is 13.8. The zero-order valence-electron chi connectivity index (χ0n) is 11.6. The number of nitrogens with one attached hydrogen (secondary N) is 1. The second kappa shape index (κ2) is 5.99. The van der Waals surface area contributed by atoms with Crippen LogP contribution in [0.5, 0.6) is 0 Å². The summed E-state index contributed by atoms with van der Waals surface area (Å²) in [6.45, 7) is 4.18. The molecule has 3 N–H and O–H groups in total. The molecule has 0 bridgehead atoms. The van der Waals surface area contributed by atoms with Crippen molar-refractivity contribution in [2.24, 2.45) is 11.7 Å². The van der Waals surface area contributed by atoms with E-state index < -0.39 is 0 Å². The van der Waals surface area contributed by atoms with E-state index in [1.165, 1.54) is 25.8 Å². The number of hydrogen-bond acceptors (Lipinski definition) is 4. The number of likely N-dealkylation sites (N-methyl/N-ethyl adjacent to an activating group) is 1. The molecule has 2 fully saturated rings. The van der Waals surface area contributed by atoms with E-state index >= 15 is 0 Å². The summed E-state index contributed by atoms with van der Waals surface area (Å²) in [6.07, 6.45) is 3.85. The van der Waals surface area contributed by atoms with Crippen molar-refractivity contribution < 1.29 is 4.79 Å². The maximum Gasteiger partial charge on any atom is 0.235 e. The Morgan fingerprint density at radius 2 is 2.22 bits per heavy atom. The topological polar surface area (TPSA) is 61.6 Å². The van der Waals surface area contributed by atoms with Gasteiger partial charge in [0.1, 0.15) is 0 Å². The number of primary amides is 1. The average Bonchev–Trinajstić information content (AvgIpc) is 2.35. The number of hydrogen-bond donors (Lipinski definition) is 2. The lowest BCUT2D eigenvalue weighted by Crippen LogP contribution is -2.56. The van der Waals surface area contributed by atoms with Gasteiger partial charge in [-0.1, -0.05) is 0 Å². The monoisotopic (exact) mass is 254 g/mol. The zero-order valence-corrected chi connectivity index (χ0v) is 11.6. The Balaban J connectivity index is 1.88. The molecule has 2 saturated heterocycles. The molecule has 5 nitrogen and oxygen atoms in total. The molecular formula is C13H26N4O. The van der Waals surface area contributed by atoms with Crippen LogP contribution in [-0.4, -0.2) is 68.1 Å². The summed E-state index contributed by atoms with van der Waals surface area (Å²) in [6, 6.07) is 0.527. The molecule has 0 radical (unpaired) electrons. The molecule has 3 unspecified atom stereocenters. The van der Waals surface area contributed by atoms with Crippen molar-refractivity contribution in [1.82, 2.24) is 15.1 Å². The third kappa shape index (κ3) is 3.02. The highest BCUT2D eigenvalue weighted by Gasteiger charge is 2.34. The summed E-state index contributed by atoms with van der Waals surface area (Å²) in [7, 11) is 4.04. The number of rotatable bonds is 4. The molecule has 2 rings (SSSR count). The Hall–Kier alpha value is -0.650. The van der Waals surface area contributed by atoms with Crippen LogP contribution in [0.15, 0.2) is 0 Å². The minimum absolute atomic E-state index is 0.220. The molecule has 0 aromatic carbocycles. The van der Waals surface area contributed by atoms with E-state index in [1.807, 2.05) is 0 Å². The van der Waals surface area contributed by atoms with Gasteiger partial charge in [0.05, 0.1) is 6.04 Å². The van der Waals surface area contributed by atoms with Crippen LogP contribution in [0.1, 0.15) is 19.3 Å². The zero-order chi connectivity index (χ0) is 13.1. The summed E-state index contributed by atoms with van der Waals surface area (Å²) in [5, 5.41) is 3.00. The van der Waals surface area contributed by atoms with Crippen LogP contribution in [0.4, 0.5) is 0 Å². The van der Waals surface area contributed by atoms with E-state index in [-0.39, 0.29) is 11.9 Å². The van der Waals surface area contributed by atoms with Crippen LogP contribution < -0.4 is 11.1 Å². The van der Waals surface area contributed by atoms with E-state index in [9.17, 15) is 4.79 Å². The van der Waals surface area contributed by atoms with Crippen LogP contribution in [0.25, 0.3) is 0 Å². The molecule has 104 valence electrons. The number of nitrogens with two attached hydrogens (primary N) is 1. The minimum Gasteiger partial charge on any atom is -0.368 e. The van der Waals surface area contributed by atoms with E-state index in [0.717, 1.165) is 31.6 Å². The molecular weight excluding hydrogens is 228 g/mol. The Labute approximate surface area is 110 Å². The van der Waals surface area contributed by atoms with Gasteiger partial charge in [-0.05, 0) is 52.4 Å². The van der Waals surface area contributed by atoms with Crippen LogP contribution in [-0.2, 0) is 4.79 Å². The van der Waals surface area contributed by atoms with Gasteiger partial charge in [-0.25, -0.2) is 0 Å². The first-order chi connectivity index (χ1) is 8.61. The quantitative estimate of drug-likeness (QED) is 0.708. The Morgan fingerprint density at radius 1 is 1.44 bits per heavy atom. The van der Waals surface area contributed by atoms with E-state index in [1.54, 1.807) is 7.05 Å². The summed E-state index contributed by atoms with van der Waals surface area (Å²) in [5.41, 5.74) is 5.38. The summed E-state index contributed by atoms with van der Waals surface area (Å²) < 4.78 is 0. The molecule has 0 aliphatic carbocycles. The van der Waals surface area contributed by atoms with Gasteiger partial charge in [-0.15, -0.1) is 0 Å². The van der Waals surface area contributed by atoms with E-state index in [4.69, 9.17) is 5.73 Å². The predicted molar refractivity (Wildman–Crippen MR) is 72.2 cm³/mol. The fourth-order valence-electron chi connectivity index (χ4n) is 3.48. The summed E-state index contributed by atoms with van der Waals surface area (Å²) in [4.78, 5) is 16.2. The van der Waals surface area contributed by atoms with E-state index in [2.05, 4.69) is 22.2 Å². The Bertz CT molecular complexity index is 297. The fraction of sp³-hybridized carbons (Fsp3) is 0.923. The Morgan fingerprint density at radius 3 is 2.89 bits per heavy atom. The molecule has 1 amide bonds. The largest absolute Gasteiger partial charge is 0.368 e. The lowest BCUT2D eigenvalue weighted by molar-refractivity contribution is -0.120. The summed E-state index contributed by atoms with van der Waals surface area (Å²) in [5.74, 6) is 0.517. The number of amides is 1. The van der Waals surface area contributed by atoms with Crippen molar-refractivity contribution in [1.29, 1.82) is 0 Å². The maximum atomic E-state index is 11.3. The second-order valence-corrected chi connectivity index (χ2v) is 5.74. The van der Waals surface area contributed by atoms with Crippen molar-refractivity contribution in [2.45, 2.75) is 31.3 Å². The van der Waals surface area contributed by atoms with Gasteiger partial charge in [0.25, 0.3) is 0 Å². The molecule has 2 aliphatic rings. The maximum absolute atomic E-state index is 11.3. The third-order valence-corrected chi connectivity index (χ3v) is 4.56. The number of carbonyl (C=O) groups is 1. The minimum atomic E-state index is -0.250. The normalized spacial score (nSPS) is 31.9. The van der Waals surface area contributed by atoms with Crippen molar-refractivity contribution in [3.63, 3.8) is 0 Å². The van der Waals surface area contributed by atoms with Crippen LogP contribution in [0.3, 0.4) is 0 Å². The highest BCUT2D eigenvalue weighted by atomic mass is 16.1. The molecule has 18 heavy (non-hydrogen) atoms. The van der Waals surface area contributed by atoms with Gasteiger partial charge in [-0.2, -0.15) is 0 Å². The van der Waals surface area contributed by atoms with Crippen LogP contribution >= 0.6 is 0 Å². The smallest absolute Gasteiger partial charge is 0.235 e. The van der Waals surface area contributed by atoms with Crippen molar-refractivity contribution in [3.05, 3.63) is 0 Å². The van der Waals surface area contributed by atoms with Crippen molar-refractivity contribution in [2.75, 3.05) is 40.3 Å². The van der Waals surface area contributed by atoms with Gasteiger partial charge in [-0.3, -0.25) is 4.79 Å². The highest BCUT2D eigenvalue weighted by molar-refractivity contribution is 5.80. The van der Waals surface area contributed by atoms with Crippen molar-refractivity contribution in [3.8, 4) is 0 Å². The first-order valence-corrected chi connectivity index (χ1v) is 7.01. The second-order valence-electron chi connectivity index (χ2n) is 5.74.